The molecule has 1 atom stereocenters. The first-order valence-corrected chi connectivity index (χ1v) is 11.7. The second-order valence-electron chi connectivity index (χ2n) is 8.37. The van der Waals surface area contributed by atoms with Gasteiger partial charge >= 0.3 is 0 Å². The number of carbonyl (C=O) groups is 2. The molecule has 2 aliphatic heterocycles. The van der Waals surface area contributed by atoms with Crippen LogP contribution in [0.3, 0.4) is 0 Å². The smallest absolute Gasteiger partial charge is 0.262 e. The SMILES string of the molecule is CCC(=O)N(CCN1CCOCC1)CC(=O)N1N=C(c2ccc(OC)cc2)CC1c1ccco1. The third-order valence-electron chi connectivity index (χ3n) is 6.23. The number of rotatable bonds is 9. The first kappa shape index (κ1) is 24.0. The summed E-state index contributed by atoms with van der Waals surface area (Å²) >= 11 is 0. The van der Waals surface area contributed by atoms with Crippen LogP contribution in [0.4, 0.5) is 0 Å². The molecule has 0 N–H and O–H groups in total. The zero-order chi connectivity index (χ0) is 23.9. The molecule has 0 bridgehead atoms. The number of benzene rings is 1. The molecular formula is C25H32N4O5. The summed E-state index contributed by atoms with van der Waals surface area (Å²) in [6.07, 6.45) is 2.47. The molecule has 34 heavy (non-hydrogen) atoms. The van der Waals surface area contributed by atoms with E-state index in [1.165, 1.54) is 5.01 Å². The summed E-state index contributed by atoms with van der Waals surface area (Å²) in [7, 11) is 1.62. The number of carbonyl (C=O) groups excluding carboxylic acids is 2. The van der Waals surface area contributed by atoms with Gasteiger partial charge < -0.3 is 18.8 Å². The molecule has 0 radical (unpaired) electrons. The van der Waals surface area contributed by atoms with E-state index in [9.17, 15) is 9.59 Å². The summed E-state index contributed by atoms with van der Waals surface area (Å²) in [6.45, 7) is 6.07. The van der Waals surface area contributed by atoms with E-state index < -0.39 is 0 Å². The van der Waals surface area contributed by atoms with Gasteiger partial charge in [-0.05, 0) is 42.0 Å². The van der Waals surface area contributed by atoms with Crippen molar-refractivity contribution in [1.29, 1.82) is 0 Å². The van der Waals surface area contributed by atoms with E-state index in [1.54, 1.807) is 24.3 Å². The predicted octanol–water partition coefficient (Wildman–Crippen LogP) is 2.54. The van der Waals surface area contributed by atoms with Crippen LogP contribution in [0.2, 0.25) is 0 Å². The van der Waals surface area contributed by atoms with Gasteiger partial charge in [0.1, 0.15) is 24.1 Å². The molecule has 1 aromatic carbocycles. The molecule has 0 spiro atoms. The van der Waals surface area contributed by atoms with Crippen molar-refractivity contribution in [2.45, 2.75) is 25.8 Å². The van der Waals surface area contributed by atoms with Crippen LogP contribution in [0.15, 0.2) is 52.2 Å². The van der Waals surface area contributed by atoms with Gasteiger partial charge in [0.25, 0.3) is 5.91 Å². The van der Waals surface area contributed by atoms with Crippen molar-refractivity contribution in [2.75, 3.05) is 53.0 Å². The average molecular weight is 469 g/mol. The molecule has 1 fully saturated rings. The van der Waals surface area contributed by atoms with Gasteiger partial charge in [0, 0.05) is 39.0 Å². The van der Waals surface area contributed by atoms with Crippen molar-refractivity contribution in [2.24, 2.45) is 5.10 Å². The molecule has 4 rings (SSSR count). The number of amides is 2. The average Bonchev–Trinajstić information content (AvgIpc) is 3.57. The van der Waals surface area contributed by atoms with Crippen molar-refractivity contribution in [3.8, 4) is 5.75 Å². The van der Waals surface area contributed by atoms with E-state index in [0.717, 1.165) is 30.1 Å². The zero-order valence-corrected chi connectivity index (χ0v) is 19.8. The standard InChI is InChI=1S/C25H32N4O5/c1-3-24(30)28(11-10-27-12-15-33-16-13-27)18-25(31)29-22(23-5-4-14-34-23)17-21(26-29)19-6-8-20(32-2)9-7-19/h4-9,14,22H,3,10-13,15-18H2,1-2H3. The van der Waals surface area contributed by atoms with Gasteiger partial charge in [0.05, 0.1) is 32.3 Å². The number of hydrazone groups is 1. The van der Waals surface area contributed by atoms with Crippen molar-refractivity contribution in [3.63, 3.8) is 0 Å². The highest BCUT2D eigenvalue weighted by Crippen LogP contribution is 2.33. The number of hydrogen-bond acceptors (Lipinski definition) is 7. The van der Waals surface area contributed by atoms with E-state index >= 15 is 0 Å². The summed E-state index contributed by atoms with van der Waals surface area (Å²) in [5, 5.41) is 6.15. The fourth-order valence-corrected chi connectivity index (χ4v) is 4.24. The van der Waals surface area contributed by atoms with Gasteiger partial charge in [-0.2, -0.15) is 5.10 Å². The highest BCUT2D eigenvalue weighted by atomic mass is 16.5. The summed E-state index contributed by atoms with van der Waals surface area (Å²) in [6, 6.07) is 10.9. The lowest BCUT2D eigenvalue weighted by Gasteiger charge is -2.30. The third kappa shape index (κ3) is 5.66. The van der Waals surface area contributed by atoms with E-state index in [2.05, 4.69) is 10.0 Å². The first-order valence-electron chi connectivity index (χ1n) is 11.7. The first-order chi connectivity index (χ1) is 16.6. The minimum atomic E-state index is -0.350. The van der Waals surface area contributed by atoms with E-state index in [0.29, 0.717) is 44.9 Å². The monoisotopic (exact) mass is 468 g/mol. The quantitative estimate of drug-likeness (QED) is 0.562. The summed E-state index contributed by atoms with van der Waals surface area (Å²) in [5.74, 6) is 1.15. The molecule has 0 aliphatic carbocycles. The van der Waals surface area contributed by atoms with E-state index in [1.807, 2.05) is 37.3 Å². The van der Waals surface area contributed by atoms with E-state index in [-0.39, 0.29) is 24.4 Å². The van der Waals surface area contributed by atoms with Gasteiger partial charge in [-0.3, -0.25) is 14.5 Å². The highest BCUT2D eigenvalue weighted by Gasteiger charge is 2.36. The van der Waals surface area contributed by atoms with E-state index in [4.69, 9.17) is 13.9 Å². The molecule has 9 heteroatoms. The minimum Gasteiger partial charge on any atom is -0.497 e. The largest absolute Gasteiger partial charge is 0.497 e. The minimum absolute atomic E-state index is 0.0202. The fraction of sp³-hybridized carbons (Fsp3) is 0.480. The van der Waals surface area contributed by atoms with Gasteiger partial charge in [0.15, 0.2) is 0 Å². The van der Waals surface area contributed by atoms with Crippen LogP contribution in [0.25, 0.3) is 0 Å². The number of hydrogen-bond donors (Lipinski definition) is 0. The van der Waals surface area contributed by atoms with Crippen molar-refractivity contribution in [3.05, 3.63) is 54.0 Å². The number of furan rings is 1. The van der Waals surface area contributed by atoms with Crippen LogP contribution in [0, 0.1) is 0 Å². The van der Waals surface area contributed by atoms with Crippen LogP contribution in [0.5, 0.6) is 5.75 Å². The summed E-state index contributed by atoms with van der Waals surface area (Å²) < 4.78 is 16.3. The third-order valence-corrected chi connectivity index (χ3v) is 6.23. The predicted molar refractivity (Wildman–Crippen MR) is 127 cm³/mol. The lowest BCUT2D eigenvalue weighted by atomic mass is 10.0. The van der Waals surface area contributed by atoms with Gasteiger partial charge in [-0.15, -0.1) is 0 Å². The topological polar surface area (TPSA) is 87.8 Å². The fourth-order valence-electron chi connectivity index (χ4n) is 4.24. The Kier molecular flexibility index (Phi) is 7.97. The van der Waals surface area contributed by atoms with Crippen LogP contribution >= 0.6 is 0 Å². The Balaban J connectivity index is 1.50. The molecule has 2 aromatic rings. The Labute approximate surface area is 199 Å². The molecule has 1 unspecified atom stereocenters. The number of ether oxygens (including phenoxy) is 2. The normalized spacial score (nSPS) is 18.6. The zero-order valence-electron chi connectivity index (χ0n) is 19.8. The Morgan fingerprint density at radius 2 is 1.94 bits per heavy atom. The molecule has 9 nitrogen and oxygen atoms in total. The van der Waals surface area contributed by atoms with Crippen molar-refractivity contribution in [1.82, 2.24) is 14.8 Å². The van der Waals surface area contributed by atoms with Gasteiger partial charge in [-0.25, -0.2) is 5.01 Å². The molecule has 1 saturated heterocycles. The molecule has 3 heterocycles. The molecular weight excluding hydrogens is 436 g/mol. The maximum atomic E-state index is 13.4. The molecule has 2 amide bonds. The second-order valence-corrected chi connectivity index (χ2v) is 8.37. The van der Waals surface area contributed by atoms with Crippen molar-refractivity contribution < 1.29 is 23.5 Å². The van der Waals surface area contributed by atoms with Crippen molar-refractivity contribution >= 4 is 17.5 Å². The van der Waals surface area contributed by atoms with Gasteiger partial charge in [0.2, 0.25) is 5.91 Å². The summed E-state index contributed by atoms with van der Waals surface area (Å²) in [4.78, 5) is 30.0. The van der Waals surface area contributed by atoms with Crippen LogP contribution < -0.4 is 4.74 Å². The Bertz CT molecular complexity index is 983. The Hall–Kier alpha value is -3.17. The maximum absolute atomic E-state index is 13.4. The molecule has 182 valence electrons. The maximum Gasteiger partial charge on any atom is 0.262 e. The second kappa shape index (κ2) is 11.3. The van der Waals surface area contributed by atoms with Crippen LogP contribution in [-0.4, -0.2) is 85.4 Å². The lowest BCUT2D eigenvalue weighted by molar-refractivity contribution is -0.142. The highest BCUT2D eigenvalue weighted by molar-refractivity contribution is 6.03. The van der Waals surface area contributed by atoms with Gasteiger partial charge in [-0.1, -0.05) is 6.92 Å². The Morgan fingerprint density at radius 3 is 2.59 bits per heavy atom. The number of nitrogens with zero attached hydrogens (tertiary/aromatic N) is 4. The lowest BCUT2D eigenvalue weighted by Crippen LogP contribution is -2.46. The van der Waals surface area contributed by atoms with Crippen LogP contribution in [-0.2, 0) is 14.3 Å². The molecule has 2 aliphatic rings. The summed E-state index contributed by atoms with van der Waals surface area (Å²) in [5.41, 5.74) is 1.71. The van der Waals surface area contributed by atoms with Crippen LogP contribution in [0.1, 0.15) is 37.1 Å². The molecule has 1 aromatic heterocycles. The Morgan fingerprint density at radius 1 is 1.18 bits per heavy atom. The number of methoxy groups -OCH3 is 1. The number of morpholine rings is 1. The molecule has 0 saturated carbocycles.